The minimum Gasteiger partial charge on any atom is -0.399 e. The molecule has 0 radical (unpaired) electrons. The van der Waals surface area contributed by atoms with Gasteiger partial charge < -0.3 is 18.6 Å². The zero-order valence-corrected chi connectivity index (χ0v) is 18.8. The lowest BCUT2D eigenvalue weighted by Crippen LogP contribution is -2.44. The summed E-state index contributed by atoms with van der Waals surface area (Å²) in [6.45, 7) is 14.3. The summed E-state index contributed by atoms with van der Waals surface area (Å²) in [5.41, 5.74) is -4.31. The van der Waals surface area contributed by atoms with Crippen LogP contribution < -0.4 is 10.9 Å². The van der Waals surface area contributed by atoms with Gasteiger partial charge in [-0.2, -0.15) is 13.2 Å². The van der Waals surface area contributed by atoms with E-state index in [2.05, 4.69) is 10.3 Å². The largest absolute Gasteiger partial charge is 0.497 e. The average Bonchev–Trinajstić information content (AvgIpc) is 3.19. The molecule has 4 rings (SSSR count). The molecule has 3 heterocycles. The summed E-state index contributed by atoms with van der Waals surface area (Å²) < 4.78 is 71.2. The summed E-state index contributed by atoms with van der Waals surface area (Å²) in [7, 11) is -2.38. The van der Waals surface area contributed by atoms with Crippen LogP contribution in [0.3, 0.4) is 0 Å². The van der Waals surface area contributed by atoms with Crippen LogP contribution in [-0.2, 0) is 24.8 Å². The minimum absolute atomic E-state index is 0.0856. The number of hydrogen-bond donors (Lipinski definition) is 0. The molecular formula is C19H25B2F3N2O5. The molecule has 0 aliphatic carbocycles. The van der Waals surface area contributed by atoms with Gasteiger partial charge in [0.25, 0.3) is 0 Å². The predicted molar refractivity (Wildman–Crippen MR) is 108 cm³/mol. The highest BCUT2D eigenvalue weighted by Crippen LogP contribution is 2.40. The zero-order chi connectivity index (χ0) is 23.2. The molecule has 2 saturated heterocycles. The first-order valence-electron chi connectivity index (χ1n) is 10.0. The fourth-order valence-electron chi connectivity index (χ4n) is 3.57. The Morgan fingerprint density at radius 1 is 0.710 bits per heavy atom. The van der Waals surface area contributed by atoms with Gasteiger partial charge in [-0.05, 0) is 61.5 Å². The Labute approximate surface area is 179 Å². The quantitative estimate of drug-likeness (QED) is 0.666. The molecule has 12 heteroatoms. The van der Waals surface area contributed by atoms with Crippen molar-refractivity contribution in [3.05, 3.63) is 11.6 Å². The van der Waals surface area contributed by atoms with Gasteiger partial charge >= 0.3 is 20.4 Å². The van der Waals surface area contributed by atoms with E-state index >= 15 is 0 Å². The number of aromatic nitrogens is 2. The lowest BCUT2D eigenvalue weighted by molar-refractivity contribution is -0.136. The summed E-state index contributed by atoms with van der Waals surface area (Å²) in [6.07, 6.45) is -4.72. The Morgan fingerprint density at radius 3 is 1.58 bits per heavy atom. The number of halogens is 3. The molecule has 0 spiro atoms. The monoisotopic (exact) mass is 440 g/mol. The second-order valence-electron chi connectivity index (χ2n) is 10.1. The third kappa shape index (κ3) is 3.39. The van der Waals surface area contributed by atoms with Crippen molar-refractivity contribution in [1.29, 1.82) is 0 Å². The normalized spacial score (nSPS) is 24.4. The minimum atomic E-state index is -4.72. The van der Waals surface area contributed by atoms with E-state index in [4.69, 9.17) is 23.2 Å². The molecule has 2 aliphatic rings. The van der Waals surface area contributed by atoms with Gasteiger partial charge in [-0.3, -0.25) is 0 Å². The van der Waals surface area contributed by atoms with Crippen LogP contribution in [0.2, 0.25) is 0 Å². The molecule has 1 aromatic carbocycles. The number of alkyl halides is 3. The van der Waals surface area contributed by atoms with Gasteiger partial charge in [0.15, 0.2) is 0 Å². The third-order valence-electron chi connectivity index (χ3n) is 6.91. The number of rotatable bonds is 2. The first-order valence-corrected chi connectivity index (χ1v) is 10.0. The lowest BCUT2D eigenvalue weighted by atomic mass is 9.69. The summed E-state index contributed by atoms with van der Waals surface area (Å²) in [5.74, 6) is 0. The van der Waals surface area contributed by atoms with Crippen LogP contribution in [0.1, 0.15) is 61.0 Å². The van der Waals surface area contributed by atoms with Crippen molar-refractivity contribution in [3.63, 3.8) is 0 Å². The van der Waals surface area contributed by atoms with Crippen molar-refractivity contribution in [2.45, 2.75) is 84.0 Å². The summed E-state index contributed by atoms with van der Waals surface area (Å²) in [5, 5.41) is 7.64. The molecule has 168 valence electrons. The number of hydrogen-bond acceptors (Lipinski definition) is 7. The van der Waals surface area contributed by atoms with Gasteiger partial charge in [-0.25, -0.2) is 4.63 Å². The number of fused-ring (bicyclic) bond motifs is 1. The Hall–Kier alpha value is -1.62. The number of nitrogens with zero attached hydrogens (tertiary/aromatic N) is 2. The highest BCUT2D eigenvalue weighted by atomic mass is 19.4. The van der Waals surface area contributed by atoms with E-state index < -0.39 is 48.4 Å². The third-order valence-corrected chi connectivity index (χ3v) is 6.91. The molecule has 2 aliphatic heterocycles. The van der Waals surface area contributed by atoms with E-state index in [0.717, 1.165) is 6.07 Å². The lowest BCUT2D eigenvalue weighted by Gasteiger charge is -2.32. The van der Waals surface area contributed by atoms with Gasteiger partial charge in [0.05, 0.1) is 28.0 Å². The molecule has 0 unspecified atom stereocenters. The molecule has 0 saturated carbocycles. The van der Waals surface area contributed by atoms with Crippen LogP contribution in [0.4, 0.5) is 13.2 Å². The van der Waals surface area contributed by atoms with Gasteiger partial charge in [0.2, 0.25) is 0 Å². The highest BCUT2D eigenvalue weighted by molar-refractivity contribution is 6.69. The topological polar surface area (TPSA) is 75.8 Å². The molecule has 7 nitrogen and oxygen atoms in total. The second kappa shape index (κ2) is 6.46. The maximum Gasteiger partial charge on any atom is 0.497 e. The van der Waals surface area contributed by atoms with Gasteiger partial charge in [0, 0.05) is 10.9 Å². The maximum absolute atomic E-state index is 14.2. The number of benzene rings is 1. The summed E-state index contributed by atoms with van der Waals surface area (Å²) in [6, 6.07) is 0.967. The standard InChI is InChI=1S/C19H25B2F3N2O5/c1-15(2)16(3,4)28-20(27-15)11-9-10(19(22,23)24)12(14-13(11)25-31-26-14)21-29-17(5,6)18(7,8)30-21/h9H,1-8H3. The van der Waals surface area contributed by atoms with E-state index in [1.54, 1.807) is 27.7 Å². The Morgan fingerprint density at radius 2 is 1.13 bits per heavy atom. The molecule has 0 N–H and O–H groups in total. The van der Waals surface area contributed by atoms with Crippen molar-refractivity contribution in [2.24, 2.45) is 0 Å². The van der Waals surface area contributed by atoms with Crippen molar-refractivity contribution in [1.82, 2.24) is 10.3 Å². The van der Waals surface area contributed by atoms with Gasteiger partial charge in [-0.15, -0.1) is 0 Å². The van der Waals surface area contributed by atoms with Crippen molar-refractivity contribution in [2.75, 3.05) is 0 Å². The van der Waals surface area contributed by atoms with E-state index in [-0.39, 0.29) is 22.0 Å². The van der Waals surface area contributed by atoms with Crippen LogP contribution in [0.25, 0.3) is 11.0 Å². The predicted octanol–water partition coefficient (Wildman–Crippen LogP) is 2.84. The second-order valence-corrected chi connectivity index (χ2v) is 10.1. The molecule has 0 atom stereocenters. The van der Waals surface area contributed by atoms with Crippen LogP contribution in [0.5, 0.6) is 0 Å². The Bertz CT molecular complexity index is 1000. The zero-order valence-electron chi connectivity index (χ0n) is 18.8. The average molecular weight is 440 g/mol. The first kappa shape index (κ1) is 22.6. The molecule has 31 heavy (non-hydrogen) atoms. The van der Waals surface area contributed by atoms with E-state index in [0.29, 0.717) is 0 Å². The maximum atomic E-state index is 14.2. The van der Waals surface area contributed by atoms with Crippen molar-refractivity contribution < 1.29 is 36.4 Å². The fraction of sp³-hybridized carbons (Fsp3) is 0.684. The van der Waals surface area contributed by atoms with Crippen LogP contribution in [0, 0.1) is 0 Å². The first-order chi connectivity index (χ1) is 14.0. The molecule has 2 fully saturated rings. The van der Waals surface area contributed by atoms with Crippen molar-refractivity contribution in [3.8, 4) is 0 Å². The molecule has 1 aromatic heterocycles. The van der Waals surface area contributed by atoms with Gasteiger partial charge in [-0.1, -0.05) is 10.3 Å². The van der Waals surface area contributed by atoms with Crippen molar-refractivity contribution >= 4 is 36.2 Å². The molecular weight excluding hydrogens is 415 g/mol. The summed E-state index contributed by atoms with van der Waals surface area (Å²) >= 11 is 0. The van der Waals surface area contributed by atoms with E-state index in [9.17, 15) is 13.2 Å². The van der Waals surface area contributed by atoms with Crippen LogP contribution >= 0.6 is 0 Å². The Kier molecular flexibility index (Phi) is 4.70. The molecule has 0 amide bonds. The summed E-state index contributed by atoms with van der Waals surface area (Å²) in [4.78, 5) is 0. The fourth-order valence-corrected chi connectivity index (χ4v) is 3.57. The van der Waals surface area contributed by atoms with E-state index in [1.165, 1.54) is 0 Å². The highest BCUT2D eigenvalue weighted by Gasteiger charge is 2.57. The van der Waals surface area contributed by atoms with Gasteiger partial charge in [0.1, 0.15) is 11.0 Å². The smallest absolute Gasteiger partial charge is 0.399 e. The molecule has 2 aromatic rings. The van der Waals surface area contributed by atoms with E-state index in [1.807, 2.05) is 27.7 Å². The van der Waals surface area contributed by atoms with Crippen LogP contribution in [0.15, 0.2) is 10.7 Å². The SMILES string of the molecule is CC1(C)OB(c2cc(C(F)(F)F)c(B3OC(C)(C)C(C)(C)O3)c3nonc23)OC1(C)C. The van der Waals surface area contributed by atoms with Crippen LogP contribution in [-0.4, -0.2) is 47.0 Å². The molecule has 0 bridgehead atoms. The Balaban J connectivity index is 1.91.